The monoisotopic (exact) mass is 634 g/mol. The average Bonchev–Trinajstić information content (AvgIpc) is 2.86. The maximum Gasteiger partial charge on any atom is 0.531 e. The molecule has 0 aromatic heterocycles. The second kappa shape index (κ2) is 24.5. The molecule has 0 aliphatic rings. The fourth-order valence-electron chi connectivity index (χ4n) is 4.44. The van der Waals surface area contributed by atoms with Crippen LogP contribution < -0.4 is 0 Å². The van der Waals surface area contributed by atoms with Gasteiger partial charge in [0.1, 0.15) is 0 Å². The van der Waals surface area contributed by atoms with Gasteiger partial charge in [-0.15, -0.1) is 0 Å². The van der Waals surface area contributed by atoms with Crippen molar-refractivity contribution in [3.63, 3.8) is 0 Å². The third kappa shape index (κ3) is 22.7. The standard InChI is InChI=1S/C33H63O3PS3/c1-25(2)19-13-10-16-22-28(7)31(38)34-37(35-32(39)29(8)23-17-11-14-20-26(3)4)36-33(40)30(9)24-18-12-15-21-27(5)6/h25-30H,10-24H2,1-9H3. The lowest BCUT2D eigenvalue weighted by atomic mass is 10.0. The lowest BCUT2D eigenvalue weighted by Crippen LogP contribution is -2.18. The predicted octanol–water partition coefficient (Wildman–Crippen LogP) is 13.0. The van der Waals surface area contributed by atoms with E-state index in [1.807, 2.05) is 0 Å². The summed E-state index contributed by atoms with van der Waals surface area (Å²) in [6.07, 6.45) is 17.8. The van der Waals surface area contributed by atoms with Gasteiger partial charge in [-0.05, 0) is 73.7 Å². The summed E-state index contributed by atoms with van der Waals surface area (Å²) in [5, 5.41) is 1.63. The Morgan fingerprint density at radius 1 is 0.400 bits per heavy atom. The van der Waals surface area contributed by atoms with Gasteiger partial charge in [0, 0.05) is 17.8 Å². The van der Waals surface area contributed by atoms with Gasteiger partial charge in [-0.2, -0.15) is 0 Å². The predicted molar refractivity (Wildman–Crippen MR) is 189 cm³/mol. The van der Waals surface area contributed by atoms with Crippen LogP contribution in [0.3, 0.4) is 0 Å². The Hall–Kier alpha value is 0.1000. The van der Waals surface area contributed by atoms with Crippen LogP contribution in [0.5, 0.6) is 0 Å². The molecule has 0 rings (SSSR count). The number of thiocarbonyl (C=S) groups is 3. The summed E-state index contributed by atoms with van der Waals surface area (Å²) < 4.78 is 18.5. The first-order valence-corrected chi connectivity index (χ1v) is 18.6. The van der Waals surface area contributed by atoms with Crippen LogP contribution in [-0.4, -0.2) is 15.2 Å². The molecule has 0 fully saturated rings. The highest BCUT2D eigenvalue weighted by Crippen LogP contribution is 2.44. The Kier molecular flexibility index (Phi) is 24.6. The highest BCUT2D eigenvalue weighted by Gasteiger charge is 2.28. The summed E-state index contributed by atoms with van der Waals surface area (Å²) >= 11 is 17.1. The molecule has 0 heterocycles. The fourth-order valence-corrected chi connectivity index (χ4v) is 6.43. The highest BCUT2D eigenvalue weighted by molar-refractivity contribution is 7.81. The SMILES string of the molecule is CC(C)CCCCCC(C)C(=S)OP(OC(=S)C(C)CCCCCC(C)C)OC(=S)C(C)CCCCCC(C)C. The average molecular weight is 635 g/mol. The molecule has 0 aliphatic heterocycles. The van der Waals surface area contributed by atoms with E-state index < -0.39 is 8.60 Å². The number of unbranched alkanes of at least 4 members (excludes halogenated alkanes) is 6. The molecule has 0 aromatic carbocycles. The highest BCUT2D eigenvalue weighted by atomic mass is 32.1. The van der Waals surface area contributed by atoms with Crippen molar-refractivity contribution in [2.75, 3.05) is 0 Å². The Bertz CT molecular complexity index is 594. The van der Waals surface area contributed by atoms with Crippen molar-refractivity contribution >= 4 is 60.4 Å². The minimum atomic E-state index is -1.79. The molecule has 0 spiro atoms. The number of hydrogen-bond acceptors (Lipinski definition) is 6. The molecule has 3 unspecified atom stereocenters. The Labute approximate surface area is 267 Å². The van der Waals surface area contributed by atoms with Gasteiger partial charge in [-0.25, -0.2) is 0 Å². The van der Waals surface area contributed by atoms with Gasteiger partial charge in [0.05, 0.1) is 0 Å². The van der Waals surface area contributed by atoms with Crippen molar-refractivity contribution in [3.05, 3.63) is 0 Å². The van der Waals surface area contributed by atoms with Crippen molar-refractivity contribution in [2.45, 2.75) is 159 Å². The van der Waals surface area contributed by atoms with Crippen molar-refractivity contribution in [1.82, 2.24) is 0 Å². The maximum atomic E-state index is 6.16. The first-order valence-electron chi connectivity index (χ1n) is 16.3. The van der Waals surface area contributed by atoms with Gasteiger partial charge >= 0.3 is 8.60 Å². The van der Waals surface area contributed by atoms with Crippen LogP contribution in [0.2, 0.25) is 0 Å². The van der Waals surface area contributed by atoms with Crippen molar-refractivity contribution in [1.29, 1.82) is 0 Å². The quantitative estimate of drug-likeness (QED) is 0.0596. The molecule has 0 aliphatic carbocycles. The molecule has 0 N–H and O–H groups in total. The van der Waals surface area contributed by atoms with E-state index in [-0.39, 0.29) is 17.8 Å². The van der Waals surface area contributed by atoms with E-state index >= 15 is 0 Å². The van der Waals surface area contributed by atoms with Gasteiger partial charge in [0.25, 0.3) is 0 Å². The summed E-state index contributed by atoms with van der Waals surface area (Å²) in [4.78, 5) is 0. The van der Waals surface area contributed by atoms with E-state index in [0.717, 1.165) is 56.3 Å². The molecule has 236 valence electrons. The van der Waals surface area contributed by atoms with E-state index in [1.165, 1.54) is 57.8 Å². The molecule has 3 nitrogen and oxygen atoms in total. The molecule has 0 saturated carbocycles. The molecule has 0 bridgehead atoms. The molecular formula is C33H63O3PS3. The van der Waals surface area contributed by atoms with Crippen LogP contribution in [0.4, 0.5) is 0 Å². The second-order valence-corrected chi connectivity index (χ2v) is 15.5. The fraction of sp³-hybridized carbons (Fsp3) is 0.909. The second-order valence-electron chi connectivity index (χ2n) is 13.3. The zero-order valence-electron chi connectivity index (χ0n) is 27.5. The van der Waals surface area contributed by atoms with Gasteiger partial charge in [0.2, 0.25) is 0 Å². The molecule has 0 amide bonds. The smallest absolute Gasteiger partial charge is 0.401 e. The number of hydrogen-bond donors (Lipinski definition) is 0. The van der Waals surface area contributed by atoms with E-state index in [1.54, 1.807) is 0 Å². The summed E-state index contributed by atoms with van der Waals surface area (Å²) in [6.45, 7) is 20.1. The van der Waals surface area contributed by atoms with Crippen LogP contribution in [0.15, 0.2) is 0 Å². The van der Waals surface area contributed by atoms with E-state index in [2.05, 4.69) is 62.3 Å². The van der Waals surface area contributed by atoms with Crippen LogP contribution in [-0.2, 0) is 13.6 Å². The molecule has 3 atom stereocenters. The maximum absolute atomic E-state index is 6.16. The van der Waals surface area contributed by atoms with Gasteiger partial charge in [-0.3, -0.25) is 0 Å². The molecule has 0 aromatic rings. The summed E-state index contributed by atoms with van der Waals surface area (Å²) in [7, 11) is -1.79. The lowest BCUT2D eigenvalue weighted by molar-refractivity contribution is 0.347. The largest absolute Gasteiger partial charge is 0.531 e. The topological polar surface area (TPSA) is 27.7 Å². The summed E-state index contributed by atoms with van der Waals surface area (Å²) in [5.74, 6) is 2.76. The lowest BCUT2D eigenvalue weighted by Gasteiger charge is -2.24. The molecule has 0 saturated heterocycles. The van der Waals surface area contributed by atoms with E-state index in [9.17, 15) is 0 Å². The minimum Gasteiger partial charge on any atom is -0.401 e. The van der Waals surface area contributed by atoms with Gasteiger partial charge in [-0.1, -0.05) is 139 Å². The van der Waals surface area contributed by atoms with Gasteiger partial charge < -0.3 is 13.6 Å². The zero-order valence-corrected chi connectivity index (χ0v) is 30.8. The third-order valence-electron chi connectivity index (χ3n) is 7.46. The van der Waals surface area contributed by atoms with E-state index in [0.29, 0.717) is 15.2 Å². The molecule has 40 heavy (non-hydrogen) atoms. The molecule has 7 heteroatoms. The Balaban J connectivity index is 4.95. The van der Waals surface area contributed by atoms with E-state index in [4.69, 9.17) is 50.2 Å². The van der Waals surface area contributed by atoms with Crippen LogP contribution in [0.1, 0.15) is 159 Å². The first kappa shape index (κ1) is 40.1. The Morgan fingerprint density at radius 2 is 0.625 bits per heavy atom. The summed E-state index contributed by atoms with van der Waals surface area (Å²) in [6, 6.07) is 0. The van der Waals surface area contributed by atoms with Crippen LogP contribution in [0.25, 0.3) is 0 Å². The number of rotatable bonds is 24. The van der Waals surface area contributed by atoms with Crippen LogP contribution >= 0.6 is 45.3 Å². The minimum absolute atomic E-state index is 0.158. The Morgan fingerprint density at radius 3 is 0.850 bits per heavy atom. The molecule has 0 radical (unpaired) electrons. The molecular weight excluding hydrogens is 572 g/mol. The van der Waals surface area contributed by atoms with Gasteiger partial charge in [0.15, 0.2) is 15.2 Å². The van der Waals surface area contributed by atoms with Crippen molar-refractivity contribution in [3.8, 4) is 0 Å². The van der Waals surface area contributed by atoms with Crippen molar-refractivity contribution < 1.29 is 13.6 Å². The summed E-state index contributed by atoms with van der Waals surface area (Å²) in [5.41, 5.74) is 0. The first-order chi connectivity index (χ1) is 18.8. The van der Waals surface area contributed by atoms with Crippen molar-refractivity contribution in [2.24, 2.45) is 35.5 Å². The van der Waals surface area contributed by atoms with Crippen LogP contribution in [0, 0.1) is 35.5 Å². The zero-order chi connectivity index (χ0) is 30.5. The third-order valence-corrected chi connectivity index (χ3v) is 10.3. The normalized spacial score (nSPS) is 14.7.